The van der Waals surface area contributed by atoms with Crippen molar-refractivity contribution < 1.29 is 19.1 Å². The van der Waals surface area contributed by atoms with Gasteiger partial charge in [0, 0.05) is 23.8 Å². The van der Waals surface area contributed by atoms with Crippen molar-refractivity contribution in [1.29, 1.82) is 0 Å². The fourth-order valence-corrected chi connectivity index (χ4v) is 4.08. The number of thioether (sulfide) groups is 1. The lowest BCUT2D eigenvalue weighted by atomic mass is 9.95. The van der Waals surface area contributed by atoms with E-state index in [0.717, 1.165) is 25.0 Å². The predicted octanol–water partition coefficient (Wildman–Crippen LogP) is 3.33. The SMILES string of the molecule is CCSC1CCCC(NC(=O)c2cc(C(=O)O)c(CC)o2)C1. The summed E-state index contributed by atoms with van der Waals surface area (Å²) in [6, 6.07) is 1.48. The lowest BCUT2D eigenvalue weighted by molar-refractivity contribution is 0.0694. The van der Waals surface area contributed by atoms with E-state index in [0.29, 0.717) is 17.4 Å². The number of rotatable bonds is 6. The monoisotopic (exact) mass is 325 g/mol. The first-order chi connectivity index (χ1) is 10.5. The largest absolute Gasteiger partial charge is 0.478 e. The highest BCUT2D eigenvalue weighted by Gasteiger charge is 2.26. The fraction of sp³-hybridized carbons (Fsp3) is 0.625. The standard InChI is InChI=1S/C16H23NO4S/c1-3-13-12(16(19)20)9-14(21-13)15(18)17-10-6-5-7-11(8-10)22-4-2/h9-11H,3-8H2,1-2H3,(H,17,18)(H,19,20). The van der Waals surface area contributed by atoms with Crippen molar-refractivity contribution in [2.45, 2.75) is 57.2 Å². The molecule has 1 aliphatic carbocycles. The van der Waals surface area contributed by atoms with E-state index in [1.807, 2.05) is 11.8 Å². The second-order valence-electron chi connectivity index (χ2n) is 5.52. The number of carbonyl (C=O) groups excluding carboxylic acids is 1. The molecule has 0 radical (unpaired) electrons. The first-order valence-corrected chi connectivity index (χ1v) is 8.88. The van der Waals surface area contributed by atoms with E-state index in [-0.39, 0.29) is 23.3 Å². The summed E-state index contributed by atoms with van der Waals surface area (Å²) in [6.45, 7) is 3.95. The fourth-order valence-electron chi connectivity index (χ4n) is 2.90. The van der Waals surface area contributed by atoms with Crippen molar-refractivity contribution in [3.63, 3.8) is 0 Å². The molecule has 6 heteroatoms. The number of amides is 1. The van der Waals surface area contributed by atoms with Gasteiger partial charge < -0.3 is 14.8 Å². The van der Waals surface area contributed by atoms with Crippen molar-refractivity contribution >= 4 is 23.6 Å². The van der Waals surface area contributed by atoms with Gasteiger partial charge in [0.25, 0.3) is 5.91 Å². The number of hydrogen-bond donors (Lipinski definition) is 2. The van der Waals surface area contributed by atoms with E-state index in [4.69, 9.17) is 9.52 Å². The predicted molar refractivity (Wildman–Crippen MR) is 86.7 cm³/mol. The molecule has 2 N–H and O–H groups in total. The van der Waals surface area contributed by atoms with E-state index in [2.05, 4.69) is 12.2 Å². The molecule has 22 heavy (non-hydrogen) atoms. The Hall–Kier alpha value is -1.43. The van der Waals surface area contributed by atoms with E-state index >= 15 is 0 Å². The van der Waals surface area contributed by atoms with E-state index in [1.165, 1.54) is 12.5 Å². The lowest BCUT2D eigenvalue weighted by Gasteiger charge is -2.28. The molecule has 1 aliphatic rings. The molecule has 1 aromatic heterocycles. The molecule has 1 amide bonds. The van der Waals surface area contributed by atoms with Crippen molar-refractivity contribution in [2.75, 3.05) is 5.75 Å². The molecular weight excluding hydrogens is 302 g/mol. The molecule has 0 aliphatic heterocycles. The summed E-state index contributed by atoms with van der Waals surface area (Å²) in [5, 5.41) is 12.7. The quantitative estimate of drug-likeness (QED) is 0.838. The smallest absolute Gasteiger partial charge is 0.339 e. The molecule has 1 heterocycles. The van der Waals surface area contributed by atoms with Crippen molar-refractivity contribution in [3.05, 3.63) is 23.2 Å². The van der Waals surface area contributed by atoms with Crippen LogP contribution in [0.3, 0.4) is 0 Å². The average molecular weight is 325 g/mol. The Morgan fingerprint density at radius 2 is 2.18 bits per heavy atom. The number of nitrogens with one attached hydrogen (secondary N) is 1. The van der Waals surface area contributed by atoms with Crippen LogP contribution >= 0.6 is 11.8 Å². The average Bonchev–Trinajstić information content (AvgIpc) is 2.92. The molecule has 0 bridgehead atoms. The highest BCUT2D eigenvalue weighted by molar-refractivity contribution is 7.99. The molecule has 1 fully saturated rings. The van der Waals surface area contributed by atoms with E-state index in [1.54, 1.807) is 6.92 Å². The van der Waals surface area contributed by atoms with Gasteiger partial charge in [0.05, 0.1) is 0 Å². The number of hydrogen-bond acceptors (Lipinski definition) is 4. The molecular formula is C16H23NO4S. The van der Waals surface area contributed by atoms with Crippen LogP contribution in [0.15, 0.2) is 10.5 Å². The van der Waals surface area contributed by atoms with Crippen LogP contribution in [0.4, 0.5) is 0 Å². The topological polar surface area (TPSA) is 79.5 Å². The molecule has 0 saturated heterocycles. The van der Waals surface area contributed by atoms with Crippen LogP contribution in [-0.2, 0) is 6.42 Å². The molecule has 2 rings (SSSR count). The first-order valence-electron chi connectivity index (χ1n) is 7.83. The van der Waals surface area contributed by atoms with Crippen molar-refractivity contribution in [2.24, 2.45) is 0 Å². The zero-order valence-corrected chi connectivity index (χ0v) is 13.9. The summed E-state index contributed by atoms with van der Waals surface area (Å²) in [5.74, 6) is 0.164. The van der Waals surface area contributed by atoms with Crippen molar-refractivity contribution in [1.82, 2.24) is 5.32 Å². The minimum Gasteiger partial charge on any atom is -0.478 e. The Labute approximate surface area is 134 Å². The van der Waals surface area contributed by atoms with Gasteiger partial charge in [0.2, 0.25) is 0 Å². The lowest BCUT2D eigenvalue weighted by Crippen LogP contribution is -2.39. The maximum atomic E-state index is 12.3. The van der Waals surface area contributed by atoms with Crippen LogP contribution in [0.25, 0.3) is 0 Å². The van der Waals surface area contributed by atoms with Crippen LogP contribution in [-0.4, -0.2) is 34.0 Å². The number of aryl methyl sites for hydroxylation is 1. The third-order valence-electron chi connectivity index (χ3n) is 3.95. The van der Waals surface area contributed by atoms with Gasteiger partial charge in [-0.3, -0.25) is 4.79 Å². The maximum absolute atomic E-state index is 12.3. The first kappa shape index (κ1) is 16.9. The third-order valence-corrected chi connectivity index (χ3v) is 5.18. The second kappa shape index (κ2) is 7.72. The Morgan fingerprint density at radius 3 is 2.77 bits per heavy atom. The minimum absolute atomic E-state index is 0.0794. The number of furan rings is 1. The number of carboxylic acids is 1. The van der Waals surface area contributed by atoms with Gasteiger partial charge in [0.15, 0.2) is 5.76 Å². The minimum atomic E-state index is -1.06. The second-order valence-corrected chi connectivity index (χ2v) is 7.10. The summed E-state index contributed by atoms with van der Waals surface area (Å²) in [5.41, 5.74) is 0.0794. The van der Waals surface area contributed by atoms with Gasteiger partial charge in [-0.1, -0.05) is 20.3 Å². The Kier molecular flexibility index (Phi) is 5.94. The molecule has 0 aromatic carbocycles. The summed E-state index contributed by atoms with van der Waals surface area (Å²) in [4.78, 5) is 23.4. The van der Waals surface area contributed by atoms with Crippen molar-refractivity contribution in [3.8, 4) is 0 Å². The highest BCUT2D eigenvalue weighted by Crippen LogP contribution is 2.28. The zero-order valence-electron chi connectivity index (χ0n) is 13.1. The van der Waals surface area contributed by atoms with Gasteiger partial charge in [-0.15, -0.1) is 0 Å². The maximum Gasteiger partial charge on any atom is 0.339 e. The molecule has 5 nitrogen and oxygen atoms in total. The summed E-state index contributed by atoms with van der Waals surface area (Å²) >= 11 is 1.94. The molecule has 2 unspecified atom stereocenters. The molecule has 122 valence electrons. The van der Waals surface area contributed by atoms with E-state index < -0.39 is 5.97 Å². The Morgan fingerprint density at radius 1 is 1.41 bits per heavy atom. The van der Waals surface area contributed by atoms with Crippen LogP contribution in [0.5, 0.6) is 0 Å². The van der Waals surface area contributed by atoms with Crippen LogP contribution in [0.1, 0.15) is 66.2 Å². The summed E-state index contributed by atoms with van der Waals surface area (Å²) in [6.07, 6.45) is 4.71. The molecule has 2 atom stereocenters. The summed E-state index contributed by atoms with van der Waals surface area (Å²) < 4.78 is 5.40. The van der Waals surface area contributed by atoms with Gasteiger partial charge in [-0.2, -0.15) is 11.8 Å². The van der Waals surface area contributed by atoms with Crippen LogP contribution < -0.4 is 5.32 Å². The van der Waals surface area contributed by atoms with Gasteiger partial charge in [-0.05, 0) is 25.0 Å². The Balaban J connectivity index is 2.01. The Bertz CT molecular complexity index is 538. The number of carboxylic acid groups (broad SMARTS) is 1. The van der Waals surface area contributed by atoms with Gasteiger partial charge in [0.1, 0.15) is 11.3 Å². The van der Waals surface area contributed by atoms with Gasteiger partial charge >= 0.3 is 5.97 Å². The van der Waals surface area contributed by atoms with Crippen LogP contribution in [0.2, 0.25) is 0 Å². The third kappa shape index (κ3) is 4.06. The molecule has 0 spiro atoms. The molecule has 1 aromatic rings. The molecule has 1 saturated carbocycles. The zero-order chi connectivity index (χ0) is 16.1. The number of carbonyl (C=O) groups is 2. The number of aromatic carboxylic acids is 1. The highest BCUT2D eigenvalue weighted by atomic mass is 32.2. The normalized spacial score (nSPS) is 21.5. The summed E-state index contributed by atoms with van der Waals surface area (Å²) in [7, 11) is 0. The van der Waals surface area contributed by atoms with E-state index in [9.17, 15) is 9.59 Å². The van der Waals surface area contributed by atoms with Gasteiger partial charge in [-0.25, -0.2) is 4.79 Å². The van der Waals surface area contributed by atoms with Crippen LogP contribution in [0, 0.1) is 0 Å².